The number of ether oxygens (including phenoxy) is 1. The monoisotopic (exact) mass is 498 g/mol. The molecule has 0 aliphatic rings. The third kappa shape index (κ3) is 9.37. The quantitative estimate of drug-likeness (QED) is 0.210. The number of rotatable bonds is 8. The molecule has 31 heavy (non-hydrogen) atoms. The molecule has 2 nitrogen and oxygen atoms in total. The van der Waals surface area contributed by atoms with E-state index < -0.39 is 7.92 Å². The van der Waals surface area contributed by atoms with Crippen LogP contribution in [0.3, 0.4) is 0 Å². The molecule has 0 radical (unpaired) electrons. The lowest BCUT2D eigenvalue weighted by Crippen LogP contribution is -2.20. The van der Waals surface area contributed by atoms with Gasteiger partial charge in [0.2, 0.25) is 0 Å². The summed E-state index contributed by atoms with van der Waals surface area (Å²) in [4.78, 5) is 11.2. The maximum absolute atomic E-state index is 11.0. The van der Waals surface area contributed by atoms with Crippen LogP contribution in [0.15, 0.2) is 91.0 Å². The van der Waals surface area contributed by atoms with Crippen LogP contribution in [-0.4, -0.2) is 17.4 Å². The average Bonchev–Trinajstić information content (AvgIpc) is 2.76. The lowest BCUT2D eigenvalue weighted by atomic mass is 10.1. The molecule has 0 heterocycles. The second-order valence-corrected chi connectivity index (χ2v) is 11.1. The van der Waals surface area contributed by atoms with Gasteiger partial charge in [0, 0.05) is 4.83 Å². The Morgan fingerprint density at radius 1 is 0.806 bits per heavy atom. The molecule has 3 aromatic carbocycles. The molecular weight excluding hydrogens is 467 g/mol. The van der Waals surface area contributed by atoms with Crippen LogP contribution < -0.4 is 15.9 Å². The van der Waals surface area contributed by atoms with E-state index in [4.69, 9.17) is 4.74 Å². The summed E-state index contributed by atoms with van der Waals surface area (Å²) >= 11 is 3.45. The van der Waals surface area contributed by atoms with Gasteiger partial charge >= 0.3 is 5.97 Å². The minimum Gasteiger partial charge on any atom is -0.466 e. The summed E-state index contributed by atoms with van der Waals surface area (Å²) in [7, 11) is -0.446. The number of carbonyl (C=O) groups excluding carboxylic acids is 1. The third-order valence-corrected chi connectivity index (χ3v) is 7.61. The van der Waals surface area contributed by atoms with E-state index in [0.717, 1.165) is 6.42 Å². The second-order valence-electron chi connectivity index (χ2n) is 7.58. The van der Waals surface area contributed by atoms with Crippen LogP contribution in [-0.2, 0) is 9.53 Å². The number of carbonyl (C=O) groups is 1. The van der Waals surface area contributed by atoms with Crippen LogP contribution in [0, 0.1) is 5.92 Å². The van der Waals surface area contributed by atoms with Crippen LogP contribution in [0.4, 0.5) is 0 Å². The maximum atomic E-state index is 11.0. The Hall–Kier alpha value is -1.96. The first kappa shape index (κ1) is 25.3. The second kappa shape index (κ2) is 14.2. The van der Waals surface area contributed by atoms with Crippen molar-refractivity contribution in [2.45, 2.75) is 38.4 Å². The predicted molar refractivity (Wildman–Crippen MR) is 139 cm³/mol. The van der Waals surface area contributed by atoms with E-state index in [9.17, 15) is 4.79 Å². The van der Waals surface area contributed by atoms with Crippen molar-refractivity contribution in [3.05, 3.63) is 91.0 Å². The van der Waals surface area contributed by atoms with E-state index in [0.29, 0.717) is 18.9 Å². The first-order valence-corrected chi connectivity index (χ1v) is 13.0. The van der Waals surface area contributed by atoms with Crippen LogP contribution in [0.5, 0.6) is 0 Å². The molecule has 0 saturated carbocycles. The highest BCUT2D eigenvalue weighted by Gasteiger charge is 2.15. The molecular formula is C27H32BrO2P. The lowest BCUT2D eigenvalue weighted by Gasteiger charge is -2.18. The van der Waals surface area contributed by atoms with Gasteiger partial charge in [-0.25, -0.2) is 0 Å². The van der Waals surface area contributed by atoms with Gasteiger partial charge in [-0.2, -0.15) is 0 Å². The van der Waals surface area contributed by atoms with Gasteiger partial charge in [0.05, 0.1) is 13.0 Å². The van der Waals surface area contributed by atoms with Crippen LogP contribution >= 0.6 is 23.9 Å². The van der Waals surface area contributed by atoms with Gasteiger partial charge < -0.3 is 4.74 Å². The van der Waals surface area contributed by atoms with Gasteiger partial charge in [-0.1, -0.05) is 121 Å². The van der Waals surface area contributed by atoms with E-state index in [1.165, 1.54) is 15.9 Å². The summed E-state index contributed by atoms with van der Waals surface area (Å²) in [6.45, 7) is 6.57. The number of benzene rings is 3. The summed E-state index contributed by atoms with van der Waals surface area (Å²) in [6, 6.07) is 32.3. The molecule has 0 aliphatic carbocycles. The number of halogens is 1. The van der Waals surface area contributed by atoms with E-state index in [1.807, 2.05) is 6.92 Å². The molecule has 3 rings (SSSR count). The molecule has 0 spiro atoms. The molecule has 0 aliphatic heterocycles. The number of hydrogen-bond donors (Lipinski definition) is 0. The minimum atomic E-state index is -0.446. The van der Waals surface area contributed by atoms with Crippen LogP contribution in [0.1, 0.15) is 33.6 Å². The van der Waals surface area contributed by atoms with Crippen molar-refractivity contribution in [1.82, 2.24) is 0 Å². The summed E-state index contributed by atoms with van der Waals surface area (Å²) < 4.78 is 4.83. The maximum Gasteiger partial charge on any atom is 0.306 e. The fourth-order valence-corrected chi connectivity index (χ4v) is 6.49. The van der Waals surface area contributed by atoms with Gasteiger partial charge in [0.25, 0.3) is 0 Å². The molecule has 4 heteroatoms. The van der Waals surface area contributed by atoms with Crippen molar-refractivity contribution in [2.24, 2.45) is 5.92 Å². The van der Waals surface area contributed by atoms with E-state index >= 15 is 0 Å². The molecule has 164 valence electrons. The topological polar surface area (TPSA) is 26.3 Å². The Labute approximate surface area is 196 Å². The summed E-state index contributed by atoms with van der Waals surface area (Å²) in [5.74, 6) is 0.504. The van der Waals surface area contributed by atoms with Gasteiger partial charge in [0.15, 0.2) is 0 Å². The van der Waals surface area contributed by atoms with Crippen molar-refractivity contribution in [3.63, 3.8) is 0 Å². The summed E-state index contributed by atoms with van der Waals surface area (Å²) in [5, 5.41) is 4.19. The Balaban J connectivity index is 0.000000248. The van der Waals surface area contributed by atoms with E-state index in [-0.39, 0.29) is 10.8 Å². The fourth-order valence-electron chi connectivity index (χ4n) is 3.17. The highest BCUT2D eigenvalue weighted by Crippen LogP contribution is 2.32. The van der Waals surface area contributed by atoms with Gasteiger partial charge in [-0.05, 0) is 43.1 Å². The van der Waals surface area contributed by atoms with Crippen molar-refractivity contribution < 1.29 is 9.53 Å². The fraction of sp³-hybridized carbons (Fsp3) is 0.296. The largest absolute Gasteiger partial charge is 0.466 e. The standard InChI is InChI=1S/C18H15P.C9H17BrO2/c1-4-10-16(11-5-1)19(17-12-6-2-7-13-17)18-14-8-3-9-15-18;1-4-12-9(11)6-8(10)5-7(2)3/h1-15H;7-8H,4-6H2,1-3H3/t;8-/m.1/s1. The Bertz CT molecular complexity index is 776. The first-order valence-electron chi connectivity index (χ1n) is 10.8. The molecule has 0 bridgehead atoms. The van der Waals surface area contributed by atoms with Gasteiger partial charge in [0.1, 0.15) is 0 Å². The summed E-state index contributed by atoms with van der Waals surface area (Å²) in [5.41, 5.74) is 0. The molecule has 0 amide bonds. The normalized spacial score (nSPS) is 11.5. The highest BCUT2D eigenvalue weighted by atomic mass is 79.9. The van der Waals surface area contributed by atoms with Crippen molar-refractivity contribution in [1.29, 1.82) is 0 Å². The Morgan fingerprint density at radius 2 is 1.19 bits per heavy atom. The lowest BCUT2D eigenvalue weighted by molar-refractivity contribution is -0.143. The smallest absolute Gasteiger partial charge is 0.306 e. The SMILES string of the molecule is CCOC(=O)C[C@H](Br)CC(C)C.c1ccc(P(c2ccccc2)c2ccccc2)cc1. The summed E-state index contributed by atoms with van der Waals surface area (Å²) in [6.07, 6.45) is 1.49. The molecule has 0 saturated heterocycles. The van der Waals surface area contributed by atoms with E-state index in [1.54, 1.807) is 0 Å². The van der Waals surface area contributed by atoms with Gasteiger partial charge in [-0.15, -0.1) is 0 Å². The minimum absolute atomic E-state index is 0.111. The number of hydrogen-bond acceptors (Lipinski definition) is 2. The zero-order valence-electron chi connectivity index (χ0n) is 18.6. The Kier molecular flexibility index (Phi) is 11.6. The molecule has 0 unspecified atom stereocenters. The Morgan fingerprint density at radius 3 is 1.52 bits per heavy atom. The molecule has 0 N–H and O–H groups in total. The zero-order valence-corrected chi connectivity index (χ0v) is 21.1. The highest BCUT2D eigenvalue weighted by molar-refractivity contribution is 9.09. The first-order chi connectivity index (χ1) is 15.0. The van der Waals surface area contributed by atoms with Crippen LogP contribution in [0.25, 0.3) is 0 Å². The zero-order chi connectivity index (χ0) is 22.5. The van der Waals surface area contributed by atoms with E-state index in [2.05, 4.69) is 121 Å². The number of alkyl halides is 1. The van der Waals surface area contributed by atoms with Gasteiger partial charge in [-0.3, -0.25) is 4.79 Å². The number of esters is 1. The molecule has 0 fully saturated rings. The van der Waals surface area contributed by atoms with Crippen molar-refractivity contribution in [2.75, 3.05) is 6.61 Å². The molecule has 1 atom stereocenters. The average molecular weight is 499 g/mol. The third-order valence-electron chi connectivity index (χ3n) is 4.46. The van der Waals surface area contributed by atoms with Crippen molar-refractivity contribution in [3.8, 4) is 0 Å². The molecule has 0 aromatic heterocycles. The molecule has 3 aromatic rings. The van der Waals surface area contributed by atoms with Crippen molar-refractivity contribution >= 4 is 45.7 Å². The van der Waals surface area contributed by atoms with Crippen LogP contribution in [0.2, 0.25) is 0 Å². The predicted octanol–water partition coefficient (Wildman–Crippen LogP) is 6.19.